The molecule has 3 rings (SSSR count). The number of benzene rings is 2. The van der Waals surface area contributed by atoms with E-state index in [-0.39, 0.29) is 5.75 Å². The van der Waals surface area contributed by atoms with Crippen LogP contribution in [0.4, 0.5) is 0 Å². The highest BCUT2D eigenvalue weighted by Crippen LogP contribution is 2.24. The molecule has 0 atom stereocenters. The Kier molecular flexibility index (Phi) is 4.37. The SMILES string of the molecule is CCCCCCc1ccc(-n2nc3ccccc3n2)c(O)c1. The van der Waals surface area contributed by atoms with Crippen LogP contribution in [0.1, 0.15) is 38.2 Å². The van der Waals surface area contributed by atoms with Crippen molar-refractivity contribution in [1.29, 1.82) is 0 Å². The molecule has 2 aromatic carbocycles. The summed E-state index contributed by atoms with van der Waals surface area (Å²) in [6.45, 7) is 2.21. The van der Waals surface area contributed by atoms with Crippen molar-refractivity contribution in [1.82, 2.24) is 15.0 Å². The predicted molar refractivity (Wildman–Crippen MR) is 88.4 cm³/mol. The van der Waals surface area contributed by atoms with Gasteiger partial charge in [-0.05, 0) is 42.7 Å². The third-order valence-corrected chi connectivity index (χ3v) is 3.86. The van der Waals surface area contributed by atoms with Crippen LogP contribution in [0.15, 0.2) is 42.5 Å². The van der Waals surface area contributed by atoms with Crippen LogP contribution in [0, 0.1) is 0 Å². The van der Waals surface area contributed by atoms with Gasteiger partial charge in [0, 0.05) is 0 Å². The summed E-state index contributed by atoms with van der Waals surface area (Å²) in [7, 11) is 0. The molecule has 0 aliphatic rings. The molecule has 22 heavy (non-hydrogen) atoms. The number of unbranched alkanes of at least 4 members (excludes halogenated alkanes) is 3. The first kappa shape index (κ1) is 14.6. The molecule has 0 saturated carbocycles. The summed E-state index contributed by atoms with van der Waals surface area (Å²) in [5.41, 5.74) is 3.43. The van der Waals surface area contributed by atoms with Crippen LogP contribution < -0.4 is 0 Å². The molecule has 0 unspecified atom stereocenters. The Hall–Kier alpha value is -2.36. The Morgan fingerprint density at radius 1 is 0.955 bits per heavy atom. The van der Waals surface area contributed by atoms with Crippen molar-refractivity contribution in [3.05, 3.63) is 48.0 Å². The molecule has 4 nitrogen and oxygen atoms in total. The van der Waals surface area contributed by atoms with E-state index in [1.54, 1.807) is 0 Å². The zero-order chi connectivity index (χ0) is 15.4. The molecule has 0 aliphatic carbocycles. The molecule has 1 N–H and O–H groups in total. The molecule has 3 aromatic rings. The monoisotopic (exact) mass is 295 g/mol. The predicted octanol–water partition coefficient (Wildman–Crippen LogP) is 4.25. The molecule has 0 spiro atoms. The van der Waals surface area contributed by atoms with Gasteiger partial charge in [0.1, 0.15) is 22.5 Å². The summed E-state index contributed by atoms with van der Waals surface area (Å²) in [5.74, 6) is 0.230. The number of aromatic nitrogens is 3. The lowest BCUT2D eigenvalue weighted by atomic mass is 10.1. The first-order chi connectivity index (χ1) is 10.8. The molecule has 4 heteroatoms. The average Bonchev–Trinajstić information content (AvgIpc) is 2.95. The summed E-state index contributed by atoms with van der Waals surface area (Å²) in [4.78, 5) is 1.50. The van der Waals surface area contributed by atoms with Gasteiger partial charge in [-0.25, -0.2) is 0 Å². The van der Waals surface area contributed by atoms with E-state index in [4.69, 9.17) is 0 Å². The van der Waals surface area contributed by atoms with E-state index < -0.39 is 0 Å². The first-order valence-electron chi connectivity index (χ1n) is 7.92. The van der Waals surface area contributed by atoms with E-state index in [1.165, 1.54) is 24.1 Å². The molecule has 0 bridgehead atoms. The second-order valence-electron chi connectivity index (χ2n) is 5.61. The molecule has 0 fully saturated rings. The molecule has 1 heterocycles. The fourth-order valence-corrected chi connectivity index (χ4v) is 2.62. The van der Waals surface area contributed by atoms with Gasteiger partial charge in [-0.2, -0.15) is 0 Å². The molecule has 0 amide bonds. The van der Waals surface area contributed by atoms with Gasteiger partial charge in [-0.15, -0.1) is 15.0 Å². The van der Waals surface area contributed by atoms with Gasteiger partial charge in [-0.1, -0.05) is 44.4 Å². The van der Waals surface area contributed by atoms with Gasteiger partial charge in [0.25, 0.3) is 0 Å². The van der Waals surface area contributed by atoms with Gasteiger partial charge in [-0.3, -0.25) is 0 Å². The third-order valence-electron chi connectivity index (χ3n) is 3.86. The Morgan fingerprint density at radius 3 is 2.32 bits per heavy atom. The number of hydrogen-bond donors (Lipinski definition) is 1. The second-order valence-corrected chi connectivity index (χ2v) is 5.61. The minimum atomic E-state index is 0.230. The number of phenolic OH excluding ortho intramolecular Hbond substituents is 1. The van der Waals surface area contributed by atoms with Crippen molar-refractivity contribution in [3.63, 3.8) is 0 Å². The summed E-state index contributed by atoms with van der Waals surface area (Å²) in [6, 6.07) is 13.5. The van der Waals surface area contributed by atoms with Crippen molar-refractivity contribution in [2.75, 3.05) is 0 Å². The van der Waals surface area contributed by atoms with Crippen LogP contribution in [0.25, 0.3) is 16.7 Å². The number of aryl methyl sites for hydroxylation is 1. The van der Waals surface area contributed by atoms with E-state index in [1.807, 2.05) is 36.4 Å². The van der Waals surface area contributed by atoms with Crippen LogP contribution in [-0.4, -0.2) is 20.1 Å². The second kappa shape index (κ2) is 6.60. The maximum atomic E-state index is 10.3. The number of rotatable bonds is 6. The Labute approximate surface area is 130 Å². The lowest BCUT2D eigenvalue weighted by molar-refractivity contribution is 0.466. The van der Waals surface area contributed by atoms with Gasteiger partial charge < -0.3 is 5.11 Å². The van der Waals surface area contributed by atoms with E-state index in [2.05, 4.69) is 23.2 Å². The zero-order valence-electron chi connectivity index (χ0n) is 12.9. The summed E-state index contributed by atoms with van der Waals surface area (Å²) >= 11 is 0. The lowest BCUT2D eigenvalue weighted by Gasteiger charge is -2.06. The van der Waals surface area contributed by atoms with Crippen molar-refractivity contribution < 1.29 is 5.11 Å². The minimum Gasteiger partial charge on any atom is -0.506 e. The molecule has 114 valence electrons. The molecule has 1 aromatic heterocycles. The molecular weight excluding hydrogens is 274 g/mol. The van der Waals surface area contributed by atoms with E-state index in [0.29, 0.717) is 5.69 Å². The van der Waals surface area contributed by atoms with Gasteiger partial charge in [0.05, 0.1) is 0 Å². The highest BCUT2D eigenvalue weighted by Gasteiger charge is 2.09. The Balaban J connectivity index is 1.79. The molecular formula is C18H21N3O. The van der Waals surface area contributed by atoms with Crippen molar-refractivity contribution in [2.45, 2.75) is 39.0 Å². The fourth-order valence-electron chi connectivity index (χ4n) is 2.62. The summed E-state index contributed by atoms with van der Waals surface area (Å²) < 4.78 is 0. The average molecular weight is 295 g/mol. The number of fused-ring (bicyclic) bond motifs is 1. The fraction of sp³-hybridized carbons (Fsp3) is 0.333. The van der Waals surface area contributed by atoms with Crippen LogP contribution >= 0.6 is 0 Å². The largest absolute Gasteiger partial charge is 0.506 e. The maximum Gasteiger partial charge on any atom is 0.143 e. The van der Waals surface area contributed by atoms with Gasteiger partial charge >= 0.3 is 0 Å². The number of aromatic hydroxyl groups is 1. The van der Waals surface area contributed by atoms with Crippen molar-refractivity contribution in [2.24, 2.45) is 0 Å². The normalized spacial score (nSPS) is 11.1. The Bertz CT molecular complexity index is 731. The van der Waals surface area contributed by atoms with E-state index >= 15 is 0 Å². The summed E-state index contributed by atoms with van der Waals surface area (Å²) in [6.07, 6.45) is 5.92. The zero-order valence-corrected chi connectivity index (χ0v) is 12.9. The standard InChI is InChI=1S/C18H21N3O/c1-2-3-4-5-8-14-11-12-17(18(22)13-14)21-19-15-9-6-7-10-16(15)20-21/h6-7,9-13,22H,2-5,8H2,1H3. The van der Waals surface area contributed by atoms with Crippen molar-refractivity contribution in [3.8, 4) is 11.4 Å². The van der Waals surface area contributed by atoms with Crippen molar-refractivity contribution >= 4 is 11.0 Å². The molecule has 0 aliphatic heterocycles. The summed E-state index contributed by atoms with van der Waals surface area (Å²) in [5, 5.41) is 19.1. The number of phenols is 1. The van der Waals surface area contributed by atoms with Crippen LogP contribution in [0.2, 0.25) is 0 Å². The highest BCUT2D eigenvalue weighted by molar-refractivity contribution is 5.73. The number of hydrogen-bond acceptors (Lipinski definition) is 3. The molecule has 0 saturated heterocycles. The minimum absolute atomic E-state index is 0.230. The maximum absolute atomic E-state index is 10.3. The number of nitrogens with zero attached hydrogens (tertiary/aromatic N) is 3. The van der Waals surface area contributed by atoms with Crippen LogP contribution in [0.5, 0.6) is 5.75 Å². The lowest BCUT2D eigenvalue weighted by Crippen LogP contribution is -1.99. The van der Waals surface area contributed by atoms with Gasteiger partial charge in [0.2, 0.25) is 0 Å². The smallest absolute Gasteiger partial charge is 0.143 e. The van der Waals surface area contributed by atoms with Gasteiger partial charge in [0.15, 0.2) is 0 Å². The third kappa shape index (κ3) is 3.11. The first-order valence-corrected chi connectivity index (χ1v) is 7.92. The van der Waals surface area contributed by atoms with E-state index in [0.717, 1.165) is 29.4 Å². The molecule has 0 radical (unpaired) electrons. The van der Waals surface area contributed by atoms with Crippen LogP contribution in [-0.2, 0) is 6.42 Å². The quantitative estimate of drug-likeness (QED) is 0.692. The Morgan fingerprint density at radius 2 is 1.68 bits per heavy atom. The highest BCUT2D eigenvalue weighted by atomic mass is 16.3. The topological polar surface area (TPSA) is 50.9 Å². The van der Waals surface area contributed by atoms with Crippen LogP contribution in [0.3, 0.4) is 0 Å². The van der Waals surface area contributed by atoms with E-state index in [9.17, 15) is 5.11 Å².